The van der Waals surface area contributed by atoms with Crippen LogP contribution in [0.1, 0.15) is 53.0 Å². The summed E-state index contributed by atoms with van der Waals surface area (Å²) in [7, 11) is -3.49. The summed E-state index contributed by atoms with van der Waals surface area (Å²) in [5, 5.41) is 0. The van der Waals surface area contributed by atoms with Gasteiger partial charge in [0.2, 0.25) is 10.0 Å². The lowest BCUT2D eigenvalue weighted by Gasteiger charge is -2.26. The number of hydrogen-bond acceptors (Lipinski definition) is 3. The third-order valence-corrected chi connectivity index (χ3v) is 5.08. The molecular weight excluding hydrogens is 310 g/mol. The van der Waals surface area contributed by atoms with Crippen molar-refractivity contribution in [2.75, 3.05) is 13.2 Å². The smallest absolute Gasteiger partial charge is 0.241 e. The van der Waals surface area contributed by atoms with Gasteiger partial charge in [-0.15, -0.1) is 0 Å². The summed E-state index contributed by atoms with van der Waals surface area (Å²) < 4.78 is 33.3. The molecule has 23 heavy (non-hydrogen) atoms. The first-order valence-corrected chi connectivity index (χ1v) is 9.58. The summed E-state index contributed by atoms with van der Waals surface area (Å²) in [6, 6.07) is 6.89. The molecule has 0 fully saturated rings. The van der Waals surface area contributed by atoms with E-state index in [0.29, 0.717) is 18.1 Å². The van der Waals surface area contributed by atoms with Crippen molar-refractivity contribution in [1.29, 1.82) is 0 Å². The van der Waals surface area contributed by atoms with Gasteiger partial charge in [-0.2, -0.15) is 0 Å². The van der Waals surface area contributed by atoms with Crippen molar-refractivity contribution in [3.63, 3.8) is 0 Å². The molecule has 1 rings (SSSR count). The van der Waals surface area contributed by atoms with Crippen LogP contribution >= 0.6 is 0 Å². The number of ether oxygens (including phenoxy) is 1. The third-order valence-electron chi connectivity index (χ3n) is 3.37. The highest BCUT2D eigenvalue weighted by Gasteiger charge is 2.25. The lowest BCUT2D eigenvalue weighted by molar-refractivity contribution is 0.0664. The van der Waals surface area contributed by atoms with E-state index in [4.69, 9.17) is 4.74 Å². The quantitative estimate of drug-likeness (QED) is 0.730. The first-order valence-electron chi connectivity index (χ1n) is 8.10. The Morgan fingerprint density at radius 3 is 2.13 bits per heavy atom. The van der Waals surface area contributed by atoms with Crippen molar-refractivity contribution in [3.8, 4) is 0 Å². The van der Waals surface area contributed by atoms with Gasteiger partial charge in [0, 0.05) is 12.1 Å². The van der Waals surface area contributed by atoms with E-state index in [9.17, 15) is 8.42 Å². The third kappa shape index (κ3) is 7.95. The van der Waals surface area contributed by atoms with Crippen LogP contribution in [-0.4, -0.2) is 27.2 Å². The van der Waals surface area contributed by atoms with Gasteiger partial charge in [0.25, 0.3) is 0 Å². The molecule has 0 aliphatic carbocycles. The number of aryl methyl sites for hydroxylation is 1. The average molecular weight is 342 g/mol. The van der Waals surface area contributed by atoms with Crippen LogP contribution in [0.3, 0.4) is 0 Å². The molecular formula is C18H31NO3S. The highest BCUT2D eigenvalue weighted by molar-refractivity contribution is 7.89. The molecule has 5 heteroatoms. The normalized spacial score (nSPS) is 13.3. The number of benzene rings is 1. The standard InChI is InChI=1S/C18H31NO3S/c1-15-8-10-16(11-9-15)23(20,21)19-18(5,6)12-7-13-22-14-17(2,3)4/h8-11,19H,7,12-14H2,1-6H3. The largest absolute Gasteiger partial charge is 0.381 e. The Labute approximate surface area is 141 Å². The second-order valence-corrected chi connectivity index (χ2v) is 9.70. The van der Waals surface area contributed by atoms with Crippen LogP contribution in [-0.2, 0) is 14.8 Å². The van der Waals surface area contributed by atoms with Crippen molar-refractivity contribution in [1.82, 2.24) is 4.72 Å². The van der Waals surface area contributed by atoms with E-state index in [1.54, 1.807) is 12.1 Å². The lowest BCUT2D eigenvalue weighted by Crippen LogP contribution is -2.43. The Balaban J connectivity index is 2.52. The molecule has 0 radical (unpaired) electrons. The zero-order chi connectivity index (χ0) is 17.7. The average Bonchev–Trinajstić information content (AvgIpc) is 2.36. The van der Waals surface area contributed by atoms with Crippen LogP contribution in [0.15, 0.2) is 29.2 Å². The minimum Gasteiger partial charge on any atom is -0.381 e. The van der Waals surface area contributed by atoms with Gasteiger partial charge in [-0.1, -0.05) is 38.5 Å². The van der Waals surface area contributed by atoms with E-state index in [1.165, 1.54) is 0 Å². The molecule has 0 aliphatic heterocycles. The summed E-state index contributed by atoms with van der Waals surface area (Å²) in [6.45, 7) is 13.5. The Kier molecular flexibility index (Phi) is 6.81. The van der Waals surface area contributed by atoms with Crippen LogP contribution in [0.25, 0.3) is 0 Å². The predicted octanol–water partition coefficient (Wildman–Crippen LogP) is 3.89. The SMILES string of the molecule is Cc1ccc(S(=O)(=O)NC(C)(C)CCCOCC(C)(C)C)cc1. The van der Waals surface area contributed by atoms with E-state index in [-0.39, 0.29) is 5.41 Å². The Hall–Kier alpha value is -0.910. The molecule has 1 N–H and O–H groups in total. The molecule has 1 aromatic rings. The minimum absolute atomic E-state index is 0.155. The van der Waals surface area contributed by atoms with Gasteiger partial charge in [0.15, 0.2) is 0 Å². The van der Waals surface area contributed by atoms with Gasteiger partial charge < -0.3 is 4.74 Å². The van der Waals surface area contributed by atoms with Gasteiger partial charge >= 0.3 is 0 Å². The fourth-order valence-electron chi connectivity index (χ4n) is 2.19. The van der Waals surface area contributed by atoms with Crippen LogP contribution in [0, 0.1) is 12.3 Å². The van der Waals surface area contributed by atoms with Gasteiger partial charge in [0.05, 0.1) is 11.5 Å². The van der Waals surface area contributed by atoms with Gasteiger partial charge in [-0.25, -0.2) is 13.1 Å². The summed E-state index contributed by atoms with van der Waals surface area (Å²) in [5.41, 5.74) is 0.691. The lowest BCUT2D eigenvalue weighted by atomic mass is 9.98. The Morgan fingerprint density at radius 2 is 1.61 bits per heavy atom. The predicted molar refractivity (Wildman–Crippen MR) is 95.1 cm³/mol. The zero-order valence-corrected chi connectivity index (χ0v) is 16.1. The molecule has 1 aromatic carbocycles. The molecule has 0 saturated carbocycles. The van der Waals surface area contributed by atoms with Crippen molar-refractivity contribution in [2.45, 2.75) is 64.8 Å². The van der Waals surface area contributed by atoms with Crippen molar-refractivity contribution in [2.24, 2.45) is 5.41 Å². The molecule has 4 nitrogen and oxygen atoms in total. The van der Waals surface area contributed by atoms with Crippen LogP contribution in [0.5, 0.6) is 0 Å². The van der Waals surface area contributed by atoms with E-state index >= 15 is 0 Å². The number of sulfonamides is 1. The highest BCUT2D eigenvalue weighted by atomic mass is 32.2. The molecule has 0 saturated heterocycles. The monoisotopic (exact) mass is 341 g/mol. The van der Waals surface area contributed by atoms with Crippen molar-refractivity contribution >= 4 is 10.0 Å². The second kappa shape index (κ2) is 7.77. The van der Waals surface area contributed by atoms with Crippen molar-refractivity contribution in [3.05, 3.63) is 29.8 Å². The molecule has 0 spiro atoms. The van der Waals surface area contributed by atoms with Gasteiger partial charge in [0.1, 0.15) is 0 Å². The minimum atomic E-state index is -3.49. The topological polar surface area (TPSA) is 55.4 Å². The Morgan fingerprint density at radius 1 is 1.04 bits per heavy atom. The first-order chi connectivity index (χ1) is 10.4. The molecule has 0 atom stereocenters. The maximum atomic E-state index is 12.4. The maximum Gasteiger partial charge on any atom is 0.241 e. The summed E-state index contributed by atoms with van der Waals surface area (Å²) in [6.07, 6.45) is 1.54. The van der Waals surface area contributed by atoms with Crippen LogP contribution < -0.4 is 4.72 Å². The molecule has 0 unspecified atom stereocenters. The molecule has 0 aliphatic rings. The van der Waals surface area contributed by atoms with Crippen molar-refractivity contribution < 1.29 is 13.2 Å². The fraction of sp³-hybridized carbons (Fsp3) is 0.667. The van der Waals surface area contributed by atoms with Gasteiger partial charge in [-0.05, 0) is 51.2 Å². The number of nitrogens with one attached hydrogen (secondary N) is 1. The summed E-state index contributed by atoms with van der Waals surface area (Å²) in [5.74, 6) is 0. The van der Waals surface area contributed by atoms with E-state index in [2.05, 4.69) is 25.5 Å². The summed E-state index contributed by atoms with van der Waals surface area (Å²) in [4.78, 5) is 0.306. The molecule has 132 valence electrons. The molecule has 0 aromatic heterocycles. The highest BCUT2D eigenvalue weighted by Crippen LogP contribution is 2.18. The molecule has 0 amide bonds. The second-order valence-electron chi connectivity index (χ2n) is 8.02. The van der Waals surface area contributed by atoms with E-state index in [1.807, 2.05) is 32.9 Å². The van der Waals surface area contributed by atoms with Gasteiger partial charge in [-0.3, -0.25) is 0 Å². The van der Waals surface area contributed by atoms with Crippen LogP contribution in [0.2, 0.25) is 0 Å². The summed E-state index contributed by atoms with van der Waals surface area (Å²) >= 11 is 0. The maximum absolute atomic E-state index is 12.4. The Bertz CT molecular complexity index is 584. The molecule has 0 bridgehead atoms. The van der Waals surface area contributed by atoms with Crippen LogP contribution in [0.4, 0.5) is 0 Å². The van der Waals surface area contributed by atoms with E-state index < -0.39 is 15.6 Å². The number of rotatable bonds is 8. The van der Waals surface area contributed by atoms with E-state index in [0.717, 1.165) is 18.4 Å². The number of hydrogen-bond donors (Lipinski definition) is 1. The zero-order valence-electron chi connectivity index (χ0n) is 15.3. The molecule has 0 heterocycles. The first kappa shape index (κ1) is 20.1. The fourth-order valence-corrected chi connectivity index (χ4v) is 3.63.